The highest BCUT2D eigenvalue weighted by Crippen LogP contribution is 2.39. The molecule has 4 aromatic rings. The molecule has 0 radical (unpaired) electrons. The van der Waals surface area contributed by atoms with Crippen molar-refractivity contribution in [1.82, 2.24) is 24.7 Å². The van der Waals surface area contributed by atoms with Crippen molar-refractivity contribution in [3.63, 3.8) is 0 Å². The fourth-order valence-electron chi connectivity index (χ4n) is 3.26. The summed E-state index contributed by atoms with van der Waals surface area (Å²) in [6.07, 6.45) is -2.16. The fraction of sp³-hybridized carbons (Fsp3) is 0.190. The van der Waals surface area contributed by atoms with Crippen LogP contribution in [-0.4, -0.2) is 43.9 Å². The number of hydrogen-bond donors (Lipinski definition) is 1. The number of rotatable bonds is 5. The summed E-state index contributed by atoms with van der Waals surface area (Å²) in [5, 5.41) is 9.22. The normalized spacial score (nSPS) is 11.5. The number of carbonyl (C=O) groups is 1. The van der Waals surface area contributed by atoms with Gasteiger partial charge in [-0.3, -0.25) is 4.79 Å². The van der Waals surface area contributed by atoms with Gasteiger partial charge in [-0.1, -0.05) is 6.07 Å². The Kier molecular flexibility index (Phi) is 5.77. The number of carbonyl (C=O) groups excluding carboxylic acids is 1. The van der Waals surface area contributed by atoms with Crippen LogP contribution in [0.3, 0.4) is 0 Å². The second-order valence-electron chi connectivity index (χ2n) is 7.11. The van der Waals surface area contributed by atoms with Crippen LogP contribution in [0.25, 0.3) is 22.0 Å². The van der Waals surface area contributed by atoms with Crippen molar-refractivity contribution in [2.45, 2.75) is 13.1 Å². The first kappa shape index (κ1) is 22.9. The zero-order valence-corrected chi connectivity index (χ0v) is 17.9. The summed E-state index contributed by atoms with van der Waals surface area (Å²) in [4.78, 5) is 19.5. The molecule has 176 valence electrons. The van der Waals surface area contributed by atoms with E-state index in [4.69, 9.17) is 9.47 Å². The Bertz CT molecular complexity index is 1400. The molecule has 1 aromatic carbocycles. The first-order chi connectivity index (χ1) is 16.1. The summed E-state index contributed by atoms with van der Waals surface area (Å²) in [5.41, 5.74) is 1.43. The van der Waals surface area contributed by atoms with Crippen LogP contribution in [0, 0.1) is 12.7 Å². The number of amides is 1. The maximum absolute atomic E-state index is 14.9. The van der Waals surface area contributed by atoms with Crippen LogP contribution in [0.1, 0.15) is 5.69 Å². The van der Waals surface area contributed by atoms with Crippen molar-refractivity contribution in [3.05, 3.63) is 48.2 Å². The number of alkyl halides is 3. The quantitative estimate of drug-likeness (QED) is 0.431. The van der Waals surface area contributed by atoms with Crippen molar-refractivity contribution in [2.24, 2.45) is 7.05 Å². The van der Waals surface area contributed by atoms with Crippen molar-refractivity contribution >= 4 is 22.6 Å². The summed E-state index contributed by atoms with van der Waals surface area (Å²) < 4.78 is 65.5. The number of fused-ring (bicyclic) bond motifs is 1. The summed E-state index contributed by atoms with van der Waals surface area (Å²) in [6, 6.07) is 5.55. The number of hydrogen-bond acceptors (Lipinski definition) is 7. The van der Waals surface area contributed by atoms with Crippen LogP contribution < -0.4 is 14.8 Å². The largest absolute Gasteiger partial charge is 0.478 e. The molecule has 0 spiro atoms. The van der Waals surface area contributed by atoms with Crippen molar-refractivity contribution in [2.75, 3.05) is 12.4 Å². The molecular weight excluding hydrogens is 460 g/mol. The Labute approximate surface area is 189 Å². The van der Waals surface area contributed by atoms with E-state index in [0.717, 1.165) is 6.07 Å². The number of nitrogens with zero attached hydrogens (tertiary/aromatic N) is 5. The molecule has 0 bridgehead atoms. The maximum Gasteiger partial charge on any atom is 0.471 e. The number of halogens is 4. The van der Waals surface area contributed by atoms with Crippen molar-refractivity contribution in [1.29, 1.82) is 0 Å². The van der Waals surface area contributed by atoms with Gasteiger partial charge in [0.15, 0.2) is 17.4 Å². The third-order valence-electron chi connectivity index (χ3n) is 4.76. The maximum atomic E-state index is 14.9. The molecular formula is C21H16F4N6O3. The molecule has 3 aromatic heterocycles. The van der Waals surface area contributed by atoms with E-state index >= 15 is 0 Å². The van der Waals surface area contributed by atoms with Crippen LogP contribution in [-0.2, 0) is 11.8 Å². The third-order valence-corrected chi connectivity index (χ3v) is 4.76. The van der Waals surface area contributed by atoms with Gasteiger partial charge in [-0.05, 0) is 30.7 Å². The van der Waals surface area contributed by atoms with E-state index < -0.39 is 23.7 Å². The van der Waals surface area contributed by atoms with Gasteiger partial charge in [0.25, 0.3) is 5.88 Å². The molecule has 0 saturated carbocycles. The predicted molar refractivity (Wildman–Crippen MR) is 112 cm³/mol. The molecule has 0 fully saturated rings. The molecule has 4 rings (SSSR count). The Morgan fingerprint density at radius 1 is 1.18 bits per heavy atom. The molecule has 1 amide bonds. The van der Waals surface area contributed by atoms with Crippen molar-refractivity contribution in [3.8, 4) is 28.8 Å². The highest BCUT2D eigenvalue weighted by atomic mass is 19.4. The van der Waals surface area contributed by atoms with Gasteiger partial charge in [-0.15, -0.1) is 10.2 Å². The fourth-order valence-corrected chi connectivity index (χ4v) is 3.26. The van der Waals surface area contributed by atoms with Gasteiger partial charge < -0.3 is 19.4 Å². The van der Waals surface area contributed by atoms with E-state index in [0.29, 0.717) is 5.69 Å². The third kappa shape index (κ3) is 4.31. The van der Waals surface area contributed by atoms with Crippen LogP contribution in [0.15, 0.2) is 36.7 Å². The number of ether oxygens (including phenoxy) is 2. The van der Waals surface area contributed by atoms with Gasteiger partial charge >= 0.3 is 18.1 Å². The first-order valence-electron chi connectivity index (χ1n) is 9.63. The van der Waals surface area contributed by atoms with E-state index in [1.807, 2.05) is 0 Å². The molecule has 0 aliphatic rings. The predicted octanol–water partition coefficient (Wildman–Crippen LogP) is 4.17. The molecule has 13 heteroatoms. The SMILES string of the molecule is COc1nnc(NC(=O)C(F)(F)F)c2c(-c3ccc(Oc4nccc(C)n4)c(F)c3)cn(C)c12. The lowest BCUT2D eigenvalue weighted by atomic mass is 10.0. The number of benzene rings is 1. The molecule has 0 aliphatic heterocycles. The van der Waals surface area contributed by atoms with Crippen molar-refractivity contribution < 1.29 is 31.8 Å². The van der Waals surface area contributed by atoms with E-state index in [1.54, 1.807) is 25.4 Å². The molecule has 0 saturated heterocycles. The number of nitrogens with one attached hydrogen (secondary N) is 1. The summed E-state index contributed by atoms with van der Waals surface area (Å²) in [7, 11) is 2.90. The van der Waals surface area contributed by atoms with Crippen LogP contribution in [0.5, 0.6) is 17.6 Å². The standard InChI is InChI=1S/C21H16F4N6O3/c1-10-6-7-26-20(27-10)34-14-5-4-11(8-13(14)22)12-9-31(2)16-15(12)17(29-30-18(16)33-3)28-19(32)21(23,24)25/h4-9H,1-3H3,(H,28,29,32). The number of aromatic nitrogens is 5. The number of anilines is 1. The topological polar surface area (TPSA) is 104 Å². The molecule has 34 heavy (non-hydrogen) atoms. The minimum absolute atomic E-state index is 0.00535. The second-order valence-corrected chi connectivity index (χ2v) is 7.11. The lowest BCUT2D eigenvalue weighted by Gasteiger charge is -2.11. The minimum atomic E-state index is -5.15. The molecule has 0 unspecified atom stereocenters. The second kappa shape index (κ2) is 8.57. The molecule has 3 heterocycles. The van der Waals surface area contributed by atoms with E-state index in [1.165, 1.54) is 36.2 Å². The van der Waals surface area contributed by atoms with Gasteiger partial charge in [0.05, 0.1) is 12.5 Å². The Balaban J connectivity index is 1.81. The van der Waals surface area contributed by atoms with Gasteiger partial charge in [-0.25, -0.2) is 14.4 Å². The van der Waals surface area contributed by atoms with E-state index in [9.17, 15) is 22.4 Å². The van der Waals surface area contributed by atoms with Gasteiger partial charge in [0.2, 0.25) is 0 Å². The monoisotopic (exact) mass is 476 g/mol. The molecule has 1 N–H and O–H groups in total. The summed E-state index contributed by atoms with van der Waals surface area (Å²) in [6.45, 7) is 1.72. The Morgan fingerprint density at radius 2 is 1.94 bits per heavy atom. The first-order valence-corrected chi connectivity index (χ1v) is 9.63. The number of methoxy groups -OCH3 is 1. The lowest BCUT2D eigenvalue weighted by Crippen LogP contribution is -2.30. The Morgan fingerprint density at radius 3 is 2.59 bits per heavy atom. The van der Waals surface area contributed by atoms with Gasteiger partial charge in [0, 0.05) is 30.7 Å². The van der Waals surface area contributed by atoms with Crippen LogP contribution in [0.4, 0.5) is 23.4 Å². The number of aryl methyl sites for hydroxylation is 2. The average Bonchev–Trinajstić information content (AvgIpc) is 3.13. The van der Waals surface area contributed by atoms with E-state index in [2.05, 4.69) is 20.2 Å². The molecule has 9 nitrogen and oxygen atoms in total. The van der Waals surface area contributed by atoms with Gasteiger partial charge in [-0.2, -0.15) is 13.2 Å². The van der Waals surface area contributed by atoms with Crippen LogP contribution >= 0.6 is 0 Å². The summed E-state index contributed by atoms with van der Waals surface area (Å²) in [5.74, 6) is -3.60. The molecule has 0 aliphatic carbocycles. The minimum Gasteiger partial charge on any atom is -0.478 e. The summed E-state index contributed by atoms with van der Waals surface area (Å²) >= 11 is 0. The average molecular weight is 476 g/mol. The molecule has 0 atom stereocenters. The lowest BCUT2D eigenvalue weighted by molar-refractivity contribution is -0.167. The van der Waals surface area contributed by atoms with Gasteiger partial charge in [0.1, 0.15) is 5.52 Å². The van der Waals surface area contributed by atoms with Crippen LogP contribution in [0.2, 0.25) is 0 Å². The highest BCUT2D eigenvalue weighted by Gasteiger charge is 2.39. The smallest absolute Gasteiger partial charge is 0.471 e. The highest BCUT2D eigenvalue weighted by molar-refractivity contribution is 6.09. The zero-order chi connectivity index (χ0) is 24.6. The van der Waals surface area contributed by atoms with E-state index in [-0.39, 0.29) is 39.7 Å². The Hall–Kier alpha value is -4.29. The zero-order valence-electron chi connectivity index (χ0n) is 17.9.